The third-order valence-corrected chi connectivity index (χ3v) is 2.90. The number of hydrogen-bond acceptors (Lipinski definition) is 3. The van der Waals surface area contributed by atoms with Crippen LogP contribution in [0, 0.1) is 6.92 Å². The highest BCUT2D eigenvalue weighted by Gasteiger charge is 2.04. The zero-order valence-electron chi connectivity index (χ0n) is 9.76. The maximum atomic E-state index is 5.95. The number of nitrogens with zero attached hydrogens (tertiary/aromatic N) is 3. The highest BCUT2D eigenvalue weighted by Crippen LogP contribution is 2.23. The number of halogens is 1. The van der Waals surface area contributed by atoms with Gasteiger partial charge in [-0.3, -0.25) is 4.98 Å². The fourth-order valence-electron chi connectivity index (χ4n) is 1.90. The van der Waals surface area contributed by atoms with Gasteiger partial charge in [-0.05, 0) is 19.1 Å². The molecule has 0 saturated carbocycles. The van der Waals surface area contributed by atoms with Gasteiger partial charge in [0.25, 0.3) is 0 Å². The minimum absolute atomic E-state index is 0.457. The summed E-state index contributed by atoms with van der Waals surface area (Å²) < 4.78 is 0. The highest BCUT2D eigenvalue weighted by molar-refractivity contribution is 6.29. The second kappa shape index (κ2) is 4.35. The van der Waals surface area contributed by atoms with Crippen molar-refractivity contribution in [2.45, 2.75) is 6.92 Å². The lowest BCUT2D eigenvalue weighted by Crippen LogP contribution is -1.91. The molecule has 3 aromatic rings. The lowest BCUT2D eigenvalue weighted by Gasteiger charge is -2.04. The molecular weight excluding hydrogens is 246 g/mol. The largest absolute Gasteiger partial charge is 0.256 e. The first kappa shape index (κ1) is 11.1. The van der Waals surface area contributed by atoms with Gasteiger partial charge in [0, 0.05) is 23.2 Å². The molecule has 0 spiro atoms. The summed E-state index contributed by atoms with van der Waals surface area (Å²) in [5.74, 6) is 0.665. The second-order valence-corrected chi connectivity index (χ2v) is 4.42. The number of pyridine rings is 1. The van der Waals surface area contributed by atoms with E-state index in [1.54, 1.807) is 12.3 Å². The molecule has 2 aromatic heterocycles. The van der Waals surface area contributed by atoms with Gasteiger partial charge in [-0.15, -0.1) is 0 Å². The van der Waals surface area contributed by atoms with Crippen LogP contribution in [0.2, 0.25) is 5.15 Å². The number of rotatable bonds is 1. The Morgan fingerprint density at radius 3 is 2.78 bits per heavy atom. The lowest BCUT2D eigenvalue weighted by atomic mass is 10.1. The van der Waals surface area contributed by atoms with Crippen molar-refractivity contribution in [2.75, 3.05) is 0 Å². The zero-order valence-corrected chi connectivity index (χ0v) is 10.5. The van der Waals surface area contributed by atoms with Crippen molar-refractivity contribution >= 4 is 22.5 Å². The molecule has 0 bridgehead atoms. The predicted molar refractivity (Wildman–Crippen MR) is 72.5 cm³/mol. The molecule has 0 amide bonds. The number of benzene rings is 1. The average Bonchev–Trinajstić information content (AvgIpc) is 2.37. The molecule has 2 heterocycles. The van der Waals surface area contributed by atoms with Crippen LogP contribution in [-0.4, -0.2) is 15.0 Å². The van der Waals surface area contributed by atoms with Gasteiger partial charge in [0.05, 0.1) is 11.2 Å². The Hall–Kier alpha value is -2.00. The third kappa shape index (κ3) is 2.05. The van der Waals surface area contributed by atoms with Crippen molar-refractivity contribution in [3.8, 4) is 11.3 Å². The van der Waals surface area contributed by atoms with Crippen LogP contribution in [0.25, 0.3) is 22.2 Å². The Balaban J connectivity index is 2.19. The van der Waals surface area contributed by atoms with E-state index in [1.165, 1.54) is 0 Å². The predicted octanol–water partition coefficient (Wildman–Crippen LogP) is 3.65. The molecule has 0 radical (unpaired) electrons. The number of aromatic nitrogens is 3. The van der Waals surface area contributed by atoms with Crippen LogP contribution >= 0.6 is 11.6 Å². The number of aryl methyl sites for hydroxylation is 1. The zero-order chi connectivity index (χ0) is 12.5. The molecule has 4 heteroatoms. The van der Waals surface area contributed by atoms with Gasteiger partial charge < -0.3 is 0 Å². The van der Waals surface area contributed by atoms with E-state index in [9.17, 15) is 0 Å². The molecule has 0 fully saturated rings. The van der Waals surface area contributed by atoms with E-state index < -0.39 is 0 Å². The molecule has 0 saturated heterocycles. The minimum atomic E-state index is 0.457. The van der Waals surface area contributed by atoms with E-state index in [2.05, 4.69) is 15.0 Å². The molecule has 1 aromatic carbocycles. The summed E-state index contributed by atoms with van der Waals surface area (Å²) in [5.41, 5.74) is 2.76. The van der Waals surface area contributed by atoms with Crippen LogP contribution in [0.5, 0.6) is 0 Å². The highest BCUT2D eigenvalue weighted by atomic mass is 35.5. The molecule has 0 aliphatic carbocycles. The van der Waals surface area contributed by atoms with Crippen molar-refractivity contribution in [1.29, 1.82) is 0 Å². The van der Waals surface area contributed by atoms with Crippen LogP contribution in [0.1, 0.15) is 5.82 Å². The molecule has 3 rings (SSSR count). The number of fused-ring (bicyclic) bond motifs is 1. The first-order valence-corrected chi connectivity index (χ1v) is 5.96. The van der Waals surface area contributed by atoms with Gasteiger partial charge in [0.1, 0.15) is 11.0 Å². The normalized spacial score (nSPS) is 10.8. The Morgan fingerprint density at radius 2 is 1.94 bits per heavy atom. The smallest absolute Gasteiger partial charge is 0.133 e. The van der Waals surface area contributed by atoms with Crippen molar-refractivity contribution in [3.05, 3.63) is 53.6 Å². The molecule has 0 N–H and O–H groups in total. The fourth-order valence-corrected chi connectivity index (χ4v) is 2.13. The van der Waals surface area contributed by atoms with Gasteiger partial charge in [-0.25, -0.2) is 9.97 Å². The summed E-state index contributed by atoms with van der Waals surface area (Å²) in [5, 5.41) is 1.57. The molecule has 0 aliphatic heterocycles. The summed E-state index contributed by atoms with van der Waals surface area (Å²) in [6, 6.07) is 11.8. The van der Waals surface area contributed by atoms with Crippen molar-refractivity contribution in [1.82, 2.24) is 15.0 Å². The molecule has 3 nitrogen and oxygen atoms in total. The van der Waals surface area contributed by atoms with Gasteiger partial charge in [-0.1, -0.05) is 29.8 Å². The van der Waals surface area contributed by atoms with Gasteiger partial charge in [-0.2, -0.15) is 0 Å². The summed E-state index contributed by atoms with van der Waals surface area (Å²) in [7, 11) is 0. The van der Waals surface area contributed by atoms with Gasteiger partial charge in [0.2, 0.25) is 0 Å². The third-order valence-electron chi connectivity index (χ3n) is 2.71. The molecule has 88 valence electrons. The first-order valence-electron chi connectivity index (χ1n) is 5.59. The molecule has 18 heavy (non-hydrogen) atoms. The van der Waals surface area contributed by atoms with E-state index in [0.29, 0.717) is 11.0 Å². The van der Waals surface area contributed by atoms with Gasteiger partial charge >= 0.3 is 0 Å². The standard InChI is InChI=1S/C14H10ClN3/c1-9-17-13(8-14(15)18-9)11-5-4-10-3-2-6-16-12(10)7-11/h2-8H,1H3. The van der Waals surface area contributed by atoms with Crippen molar-refractivity contribution in [2.24, 2.45) is 0 Å². The lowest BCUT2D eigenvalue weighted by molar-refractivity contribution is 1.06. The Morgan fingerprint density at radius 1 is 1.06 bits per heavy atom. The van der Waals surface area contributed by atoms with Crippen LogP contribution in [-0.2, 0) is 0 Å². The summed E-state index contributed by atoms with van der Waals surface area (Å²) in [4.78, 5) is 12.8. The molecule has 0 aliphatic rings. The number of hydrogen-bond donors (Lipinski definition) is 0. The quantitative estimate of drug-likeness (QED) is 0.623. The van der Waals surface area contributed by atoms with Gasteiger partial charge in [0.15, 0.2) is 0 Å². The van der Waals surface area contributed by atoms with E-state index in [0.717, 1.165) is 22.2 Å². The molecule has 0 unspecified atom stereocenters. The van der Waals surface area contributed by atoms with Crippen LogP contribution < -0.4 is 0 Å². The van der Waals surface area contributed by atoms with E-state index >= 15 is 0 Å². The maximum absolute atomic E-state index is 5.95. The monoisotopic (exact) mass is 255 g/mol. The van der Waals surface area contributed by atoms with E-state index in [1.807, 2.05) is 37.3 Å². The van der Waals surface area contributed by atoms with E-state index in [4.69, 9.17) is 11.6 Å². The maximum Gasteiger partial charge on any atom is 0.133 e. The van der Waals surface area contributed by atoms with Crippen LogP contribution in [0.3, 0.4) is 0 Å². The van der Waals surface area contributed by atoms with Crippen LogP contribution in [0.4, 0.5) is 0 Å². The summed E-state index contributed by atoms with van der Waals surface area (Å²) in [6.45, 7) is 1.83. The summed E-state index contributed by atoms with van der Waals surface area (Å²) >= 11 is 5.95. The molecule has 0 atom stereocenters. The minimum Gasteiger partial charge on any atom is -0.256 e. The fraction of sp³-hybridized carbons (Fsp3) is 0.0714. The Labute approximate surface area is 109 Å². The second-order valence-electron chi connectivity index (χ2n) is 4.03. The average molecular weight is 256 g/mol. The Kier molecular flexibility index (Phi) is 2.68. The SMILES string of the molecule is Cc1nc(Cl)cc(-c2ccc3cccnc3c2)n1. The Bertz CT molecular complexity index is 705. The van der Waals surface area contributed by atoms with Crippen LogP contribution in [0.15, 0.2) is 42.6 Å². The van der Waals surface area contributed by atoms with Crippen molar-refractivity contribution in [3.63, 3.8) is 0 Å². The topological polar surface area (TPSA) is 38.7 Å². The van der Waals surface area contributed by atoms with Crippen molar-refractivity contribution < 1.29 is 0 Å². The summed E-state index contributed by atoms with van der Waals surface area (Å²) in [6.07, 6.45) is 1.78. The van der Waals surface area contributed by atoms with E-state index in [-0.39, 0.29) is 0 Å². The molecular formula is C14H10ClN3. The first-order chi connectivity index (χ1) is 8.72.